The maximum atomic E-state index is 11.9. The van der Waals surface area contributed by atoms with Crippen molar-refractivity contribution >= 4 is 23.8 Å². The molecule has 0 aliphatic carbocycles. The van der Waals surface area contributed by atoms with Gasteiger partial charge in [-0.3, -0.25) is 4.79 Å². The van der Waals surface area contributed by atoms with Gasteiger partial charge in [0.1, 0.15) is 5.60 Å². The third kappa shape index (κ3) is 8.56. The van der Waals surface area contributed by atoms with Crippen molar-refractivity contribution in [3.8, 4) is 0 Å². The molecule has 22 heavy (non-hydrogen) atoms. The second-order valence-electron chi connectivity index (χ2n) is 5.94. The van der Waals surface area contributed by atoms with Crippen molar-refractivity contribution in [3.63, 3.8) is 0 Å². The summed E-state index contributed by atoms with van der Waals surface area (Å²) in [5, 5.41) is 11.5. The van der Waals surface area contributed by atoms with Crippen molar-refractivity contribution in [2.24, 2.45) is 0 Å². The Morgan fingerprint density at radius 2 is 1.91 bits per heavy atom. The monoisotopic (exact) mass is 325 g/mol. The minimum absolute atomic E-state index is 0.0152. The second-order valence-corrected chi connectivity index (χ2v) is 6.97. The van der Waals surface area contributed by atoms with Gasteiger partial charge in [-0.1, -0.05) is 30.3 Å². The van der Waals surface area contributed by atoms with Crippen molar-refractivity contribution in [3.05, 3.63) is 35.9 Å². The van der Waals surface area contributed by atoms with E-state index in [1.807, 2.05) is 30.3 Å². The Morgan fingerprint density at radius 3 is 2.45 bits per heavy atom. The van der Waals surface area contributed by atoms with Crippen molar-refractivity contribution in [1.82, 2.24) is 5.32 Å². The summed E-state index contributed by atoms with van der Waals surface area (Å²) >= 11 is 1.28. The van der Waals surface area contributed by atoms with E-state index in [4.69, 9.17) is 9.84 Å². The third-order valence-corrected chi connectivity index (χ3v) is 3.68. The molecule has 0 heterocycles. The van der Waals surface area contributed by atoms with Crippen LogP contribution in [0.1, 0.15) is 26.3 Å². The Hall–Kier alpha value is -1.69. The molecule has 0 saturated heterocycles. The lowest BCUT2D eigenvalue weighted by molar-refractivity contribution is -0.133. The number of carbonyl (C=O) groups is 2. The van der Waals surface area contributed by atoms with Gasteiger partial charge < -0.3 is 15.2 Å². The van der Waals surface area contributed by atoms with E-state index < -0.39 is 17.7 Å². The Kier molecular flexibility index (Phi) is 7.24. The van der Waals surface area contributed by atoms with E-state index in [0.717, 1.165) is 5.56 Å². The molecule has 1 amide bonds. The van der Waals surface area contributed by atoms with Crippen LogP contribution in [0, 0.1) is 0 Å². The van der Waals surface area contributed by atoms with Crippen molar-refractivity contribution in [2.75, 3.05) is 11.5 Å². The van der Waals surface area contributed by atoms with Gasteiger partial charge in [-0.15, -0.1) is 11.8 Å². The van der Waals surface area contributed by atoms with E-state index >= 15 is 0 Å². The van der Waals surface area contributed by atoms with Crippen LogP contribution in [0.25, 0.3) is 0 Å². The highest BCUT2D eigenvalue weighted by Gasteiger charge is 2.20. The normalized spacial score (nSPS) is 12.5. The Labute approximate surface area is 135 Å². The molecule has 0 spiro atoms. The van der Waals surface area contributed by atoms with Gasteiger partial charge in [-0.25, -0.2) is 4.79 Å². The zero-order chi connectivity index (χ0) is 16.6. The number of carboxylic acids is 1. The highest BCUT2D eigenvalue weighted by Crippen LogP contribution is 2.11. The summed E-state index contributed by atoms with van der Waals surface area (Å²) in [4.78, 5) is 22.5. The fraction of sp³-hybridized carbons (Fsp3) is 0.500. The van der Waals surface area contributed by atoms with Crippen LogP contribution in [0.5, 0.6) is 0 Å². The van der Waals surface area contributed by atoms with E-state index in [0.29, 0.717) is 12.2 Å². The molecule has 0 aromatic heterocycles. The molecule has 0 radical (unpaired) electrons. The van der Waals surface area contributed by atoms with Gasteiger partial charge in [0.2, 0.25) is 0 Å². The largest absolute Gasteiger partial charge is 0.481 e. The number of aliphatic carboxylic acids is 1. The number of hydrogen-bond donors (Lipinski definition) is 2. The van der Waals surface area contributed by atoms with Crippen LogP contribution in [0.15, 0.2) is 30.3 Å². The maximum absolute atomic E-state index is 11.9. The average Bonchev–Trinajstić information content (AvgIpc) is 2.36. The highest BCUT2D eigenvalue weighted by molar-refractivity contribution is 7.99. The molecular formula is C16H23NO4S. The molecule has 0 aliphatic heterocycles. The fourth-order valence-electron chi connectivity index (χ4n) is 1.81. The fourth-order valence-corrected chi connectivity index (χ4v) is 2.59. The number of rotatable bonds is 7. The quantitative estimate of drug-likeness (QED) is 0.806. The molecule has 1 unspecified atom stereocenters. The number of hydrogen-bond acceptors (Lipinski definition) is 4. The number of ether oxygens (including phenoxy) is 1. The minimum Gasteiger partial charge on any atom is -0.481 e. The lowest BCUT2D eigenvalue weighted by Gasteiger charge is -2.23. The zero-order valence-corrected chi connectivity index (χ0v) is 14.0. The predicted molar refractivity (Wildman–Crippen MR) is 88.3 cm³/mol. The number of benzene rings is 1. The van der Waals surface area contributed by atoms with Gasteiger partial charge in [-0.05, 0) is 32.8 Å². The minimum atomic E-state index is -0.860. The van der Waals surface area contributed by atoms with E-state index in [9.17, 15) is 9.59 Å². The van der Waals surface area contributed by atoms with E-state index in [1.54, 1.807) is 20.8 Å². The van der Waals surface area contributed by atoms with Crippen molar-refractivity contribution in [1.29, 1.82) is 0 Å². The van der Waals surface area contributed by atoms with Crippen molar-refractivity contribution in [2.45, 2.75) is 38.8 Å². The molecule has 0 saturated carbocycles. The van der Waals surface area contributed by atoms with E-state index in [1.165, 1.54) is 11.8 Å². The van der Waals surface area contributed by atoms with Gasteiger partial charge in [0.25, 0.3) is 0 Å². The number of thioether (sulfide) groups is 1. The first-order valence-corrected chi connectivity index (χ1v) is 8.25. The van der Waals surface area contributed by atoms with Crippen LogP contribution < -0.4 is 5.32 Å². The molecule has 1 atom stereocenters. The highest BCUT2D eigenvalue weighted by atomic mass is 32.2. The predicted octanol–water partition coefficient (Wildman–Crippen LogP) is 2.94. The van der Waals surface area contributed by atoms with Crippen LogP contribution in [0.4, 0.5) is 4.79 Å². The van der Waals surface area contributed by atoms with Gasteiger partial charge >= 0.3 is 12.1 Å². The lowest BCUT2D eigenvalue weighted by Crippen LogP contribution is -2.41. The lowest BCUT2D eigenvalue weighted by atomic mass is 10.1. The number of carbonyl (C=O) groups excluding carboxylic acids is 1. The molecule has 6 heteroatoms. The Balaban J connectivity index is 2.60. The van der Waals surface area contributed by atoms with E-state index in [-0.39, 0.29) is 11.8 Å². The summed E-state index contributed by atoms with van der Waals surface area (Å²) in [5.74, 6) is -0.331. The first-order valence-electron chi connectivity index (χ1n) is 7.09. The molecule has 5 nitrogen and oxygen atoms in total. The number of carboxylic acid groups (broad SMARTS) is 1. The third-order valence-electron chi connectivity index (χ3n) is 2.59. The topological polar surface area (TPSA) is 75.6 Å². The van der Waals surface area contributed by atoms with E-state index in [2.05, 4.69) is 5.32 Å². The molecule has 1 rings (SSSR count). The van der Waals surface area contributed by atoms with Crippen LogP contribution >= 0.6 is 11.8 Å². The standard InChI is InChI=1S/C16H23NO4S/c1-16(2,3)21-15(20)17-13(10-22-11-14(18)19)9-12-7-5-4-6-8-12/h4-8,13H,9-11H2,1-3H3,(H,17,20)(H,18,19). The molecule has 1 aromatic rings. The van der Waals surface area contributed by atoms with Gasteiger partial charge in [0, 0.05) is 11.8 Å². The summed E-state index contributed by atoms with van der Waals surface area (Å²) in [6, 6.07) is 9.58. The first kappa shape index (κ1) is 18.4. The zero-order valence-electron chi connectivity index (χ0n) is 13.2. The second kappa shape index (κ2) is 8.68. The summed E-state index contributed by atoms with van der Waals surface area (Å²) < 4.78 is 5.26. The summed E-state index contributed by atoms with van der Waals surface area (Å²) in [6.07, 6.45) is 0.150. The Bertz CT molecular complexity index is 485. The van der Waals surface area contributed by atoms with Crippen LogP contribution in [0.3, 0.4) is 0 Å². The summed E-state index contributed by atoms with van der Waals surface area (Å²) in [7, 11) is 0. The molecule has 0 bridgehead atoms. The number of amides is 1. The van der Waals surface area contributed by atoms with Crippen LogP contribution in [0.2, 0.25) is 0 Å². The SMILES string of the molecule is CC(C)(C)OC(=O)NC(CSCC(=O)O)Cc1ccccc1. The van der Waals surface area contributed by atoms with Gasteiger partial charge in [-0.2, -0.15) is 0 Å². The van der Waals surface area contributed by atoms with Crippen LogP contribution in [-0.4, -0.2) is 40.3 Å². The molecule has 0 fully saturated rings. The molecular weight excluding hydrogens is 302 g/mol. The summed E-state index contributed by atoms with van der Waals surface area (Å²) in [6.45, 7) is 5.41. The Morgan fingerprint density at radius 1 is 1.27 bits per heavy atom. The number of nitrogens with one attached hydrogen (secondary N) is 1. The van der Waals surface area contributed by atoms with Crippen molar-refractivity contribution < 1.29 is 19.4 Å². The summed E-state index contributed by atoms with van der Waals surface area (Å²) in [5.41, 5.74) is 0.523. The van der Waals surface area contributed by atoms with Gasteiger partial charge in [0.05, 0.1) is 5.75 Å². The average molecular weight is 325 g/mol. The first-order chi connectivity index (χ1) is 10.3. The molecule has 2 N–H and O–H groups in total. The van der Waals surface area contributed by atoms with Crippen LogP contribution in [-0.2, 0) is 16.0 Å². The molecule has 122 valence electrons. The number of alkyl carbamates (subject to hydrolysis) is 1. The molecule has 1 aromatic carbocycles. The smallest absolute Gasteiger partial charge is 0.407 e. The molecule has 0 aliphatic rings. The maximum Gasteiger partial charge on any atom is 0.407 e. The van der Waals surface area contributed by atoms with Gasteiger partial charge in [0.15, 0.2) is 0 Å².